The lowest BCUT2D eigenvalue weighted by molar-refractivity contribution is 0.358. The highest BCUT2D eigenvalue weighted by molar-refractivity contribution is 5.79. The second-order valence-electron chi connectivity index (χ2n) is 3.42. The van der Waals surface area contributed by atoms with Gasteiger partial charge in [-0.25, -0.2) is 5.84 Å². The van der Waals surface area contributed by atoms with Crippen LogP contribution >= 0.6 is 0 Å². The summed E-state index contributed by atoms with van der Waals surface area (Å²) < 4.78 is 0. The van der Waals surface area contributed by atoms with Gasteiger partial charge in [-0.05, 0) is 12.8 Å². The molecular weight excluding hydrogens is 166 g/mol. The first-order chi connectivity index (χ1) is 6.27. The van der Waals surface area contributed by atoms with Crippen LogP contribution in [0.4, 0.5) is 0 Å². The zero-order chi connectivity index (χ0) is 9.68. The molecule has 0 heterocycles. The first kappa shape index (κ1) is 10.3. The summed E-state index contributed by atoms with van der Waals surface area (Å²) in [4.78, 5) is 3.95. The highest BCUT2D eigenvalue weighted by Crippen LogP contribution is 2.16. The number of hydrogen-bond donors (Lipinski definition) is 4. The van der Waals surface area contributed by atoms with E-state index in [1.54, 1.807) is 7.05 Å². The lowest BCUT2D eigenvalue weighted by Crippen LogP contribution is -2.54. The maximum Gasteiger partial charge on any atom is 0.205 e. The molecule has 0 aromatic rings. The third kappa shape index (κ3) is 2.86. The molecule has 5 heteroatoms. The van der Waals surface area contributed by atoms with Gasteiger partial charge in [0.1, 0.15) is 0 Å². The van der Waals surface area contributed by atoms with Crippen molar-refractivity contribution in [1.82, 2.24) is 10.7 Å². The van der Waals surface area contributed by atoms with Crippen molar-refractivity contribution >= 4 is 5.96 Å². The summed E-state index contributed by atoms with van der Waals surface area (Å²) in [6.45, 7) is 0. The molecule has 0 amide bonds. The van der Waals surface area contributed by atoms with Gasteiger partial charge in [-0.2, -0.15) is 0 Å². The fraction of sp³-hybridized carbons (Fsp3) is 0.875. The summed E-state index contributed by atoms with van der Waals surface area (Å²) in [6.07, 6.45) is 4.64. The van der Waals surface area contributed by atoms with Crippen molar-refractivity contribution in [3.8, 4) is 0 Å². The molecule has 1 aliphatic carbocycles. The molecular formula is C8H19N5. The maximum absolute atomic E-state index is 5.95. The minimum Gasteiger partial charge on any atom is -0.351 e. The van der Waals surface area contributed by atoms with Gasteiger partial charge in [0.15, 0.2) is 0 Å². The number of guanidine groups is 1. The van der Waals surface area contributed by atoms with Gasteiger partial charge in [0.25, 0.3) is 0 Å². The molecule has 0 bridgehead atoms. The fourth-order valence-electron chi connectivity index (χ4n) is 1.69. The van der Waals surface area contributed by atoms with Gasteiger partial charge in [0, 0.05) is 19.1 Å². The molecule has 13 heavy (non-hydrogen) atoms. The van der Waals surface area contributed by atoms with Crippen LogP contribution < -0.4 is 22.3 Å². The minimum absolute atomic E-state index is 0.221. The molecule has 0 unspecified atom stereocenters. The van der Waals surface area contributed by atoms with Crippen molar-refractivity contribution in [2.45, 2.75) is 37.8 Å². The Bertz CT molecular complexity index is 179. The molecule has 76 valence electrons. The zero-order valence-electron chi connectivity index (χ0n) is 8.09. The standard InChI is InChI=1S/C8H19N5/c1-11-8(13-10)12-7-5-3-2-4-6(7)9/h6-7H,2-5,9-10H2,1H3,(H2,11,12,13)/t6-,7-/m1/s1. The van der Waals surface area contributed by atoms with Gasteiger partial charge >= 0.3 is 0 Å². The van der Waals surface area contributed by atoms with Gasteiger partial charge in [0.2, 0.25) is 5.96 Å². The van der Waals surface area contributed by atoms with E-state index in [-0.39, 0.29) is 6.04 Å². The van der Waals surface area contributed by atoms with E-state index in [0.717, 1.165) is 12.8 Å². The largest absolute Gasteiger partial charge is 0.351 e. The van der Waals surface area contributed by atoms with Crippen LogP contribution in [-0.4, -0.2) is 25.1 Å². The molecule has 1 aliphatic rings. The number of rotatable bonds is 1. The summed E-state index contributed by atoms with van der Waals surface area (Å²) in [5.41, 5.74) is 8.45. The van der Waals surface area contributed by atoms with Crippen molar-refractivity contribution in [1.29, 1.82) is 0 Å². The summed E-state index contributed by atoms with van der Waals surface area (Å²) in [7, 11) is 1.69. The second-order valence-corrected chi connectivity index (χ2v) is 3.42. The molecule has 1 rings (SSSR count). The third-order valence-electron chi connectivity index (χ3n) is 2.50. The van der Waals surface area contributed by atoms with Crippen LogP contribution in [0.1, 0.15) is 25.7 Å². The molecule has 1 saturated carbocycles. The quantitative estimate of drug-likeness (QED) is 0.188. The van der Waals surface area contributed by atoms with E-state index < -0.39 is 0 Å². The van der Waals surface area contributed by atoms with E-state index in [1.165, 1.54) is 12.8 Å². The van der Waals surface area contributed by atoms with Crippen LogP contribution in [0.25, 0.3) is 0 Å². The molecule has 0 aromatic carbocycles. The Balaban J connectivity index is 2.41. The van der Waals surface area contributed by atoms with Crippen molar-refractivity contribution in [2.75, 3.05) is 7.05 Å². The highest BCUT2D eigenvalue weighted by atomic mass is 15.3. The Hall–Kier alpha value is -0.810. The SMILES string of the molecule is C/N=C(/NN)N[C@@H]1CCCC[C@H]1N. The third-order valence-corrected chi connectivity index (χ3v) is 2.50. The maximum atomic E-state index is 5.95. The van der Waals surface area contributed by atoms with Gasteiger partial charge in [0.05, 0.1) is 0 Å². The Morgan fingerprint density at radius 2 is 2.08 bits per heavy atom. The Morgan fingerprint density at radius 3 is 2.62 bits per heavy atom. The first-order valence-electron chi connectivity index (χ1n) is 4.73. The highest BCUT2D eigenvalue weighted by Gasteiger charge is 2.21. The van der Waals surface area contributed by atoms with Crippen LogP contribution in [0.3, 0.4) is 0 Å². The van der Waals surface area contributed by atoms with Gasteiger partial charge < -0.3 is 11.1 Å². The van der Waals surface area contributed by atoms with Crippen molar-refractivity contribution in [2.24, 2.45) is 16.6 Å². The molecule has 2 atom stereocenters. The molecule has 0 aromatic heterocycles. The average Bonchev–Trinajstić information content (AvgIpc) is 2.17. The topological polar surface area (TPSA) is 88.5 Å². The van der Waals surface area contributed by atoms with E-state index in [1.807, 2.05) is 0 Å². The van der Waals surface area contributed by atoms with Crippen molar-refractivity contribution < 1.29 is 0 Å². The van der Waals surface area contributed by atoms with Crippen LogP contribution in [0.5, 0.6) is 0 Å². The summed E-state index contributed by atoms with van der Waals surface area (Å²) in [5.74, 6) is 5.88. The van der Waals surface area contributed by atoms with Crippen molar-refractivity contribution in [3.05, 3.63) is 0 Å². The monoisotopic (exact) mass is 185 g/mol. The average molecular weight is 185 g/mol. The number of nitrogens with two attached hydrogens (primary N) is 2. The Morgan fingerprint density at radius 1 is 1.38 bits per heavy atom. The minimum atomic E-state index is 0.221. The zero-order valence-corrected chi connectivity index (χ0v) is 8.09. The van der Waals surface area contributed by atoms with Crippen LogP contribution in [0.15, 0.2) is 4.99 Å². The number of nitrogens with one attached hydrogen (secondary N) is 2. The van der Waals surface area contributed by atoms with E-state index in [0.29, 0.717) is 12.0 Å². The Kier molecular flexibility index (Phi) is 3.98. The first-order valence-corrected chi connectivity index (χ1v) is 4.73. The van der Waals surface area contributed by atoms with E-state index >= 15 is 0 Å². The normalized spacial score (nSPS) is 29.9. The van der Waals surface area contributed by atoms with Gasteiger partial charge in [-0.15, -0.1) is 0 Å². The molecule has 0 radical (unpaired) electrons. The van der Waals surface area contributed by atoms with Crippen LogP contribution in [0, 0.1) is 0 Å². The molecule has 0 saturated heterocycles. The number of nitrogens with zero attached hydrogens (tertiary/aromatic N) is 1. The lowest BCUT2D eigenvalue weighted by Gasteiger charge is -2.30. The summed E-state index contributed by atoms with van der Waals surface area (Å²) >= 11 is 0. The molecule has 5 nitrogen and oxygen atoms in total. The number of aliphatic imine (C=N–C) groups is 1. The predicted octanol–water partition coefficient (Wildman–Crippen LogP) is -0.705. The second kappa shape index (κ2) is 5.04. The number of hydrazine groups is 1. The van der Waals surface area contributed by atoms with Crippen molar-refractivity contribution in [3.63, 3.8) is 0 Å². The van der Waals surface area contributed by atoms with E-state index in [4.69, 9.17) is 11.6 Å². The molecule has 6 N–H and O–H groups in total. The number of hydrogen-bond acceptors (Lipinski definition) is 3. The lowest BCUT2D eigenvalue weighted by atomic mass is 9.91. The van der Waals surface area contributed by atoms with E-state index in [2.05, 4.69) is 15.7 Å². The summed E-state index contributed by atoms with van der Waals surface area (Å²) in [6, 6.07) is 0.530. The molecule has 0 aliphatic heterocycles. The van der Waals surface area contributed by atoms with E-state index in [9.17, 15) is 0 Å². The predicted molar refractivity (Wildman–Crippen MR) is 54.0 cm³/mol. The van der Waals surface area contributed by atoms with Crippen LogP contribution in [-0.2, 0) is 0 Å². The van der Waals surface area contributed by atoms with Crippen LogP contribution in [0.2, 0.25) is 0 Å². The van der Waals surface area contributed by atoms with Gasteiger partial charge in [-0.1, -0.05) is 12.8 Å². The Labute approximate surface area is 78.9 Å². The smallest absolute Gasteiger partial charge is 0.205 e. The van der Waals surface area contributed by atoms with Gasteiger partial charge in [-0.3, -0.25) is 10.4 Å². The summed E-state index contributed by atoms with van der Waals surface area (Å²) in [5, 5.41) is 3.19. The molecule has 1 fully saturated rings. The fourth-order valence-corrected chi connectivity index (χ4v) is 1.69. The molecule has 0 spiro atoms.